The third kappa shape index (κ3) is 2.83. The fourth-order valence-electron chi connectivity index (χ4n) is 1.45. The van der Waals surface area contributed by atoms with Gasteiger partial charge in [0.2, 0.25) is 0 Å². The van der Waals surface area contributed by atoms with E-state index >= 15 is 0 Å². The van der Waals surface area contributed by atoms with Crippen LogP contribution in [0.4, 0.5) is 5.69 Å². The van der Waals surface area contributed by atoms with E-state index in [1.165, 1.54) is 4.88 Å². The van der Waals surface area contributed by atoms with Crippen LogP contribution in [-0.2, 0) is 0 Å². The smallest absolute Gasteiger partial charge is 0.0897 e. The summed E-state index contributed by atoms with van der Waals surface area (Å²) in [5.74, 6) is 0. The number of nitrogens with zero attached hydrogens (tertiary/aromatic N) is 1. The number of aromatic nitrogens is 1. The maximum atomic E-state index is 4.26. The molecule has 2 aromatic rings. The molecule has 84 valence electrons. The first-order chi connectivity index (χ1) is 7.65. The number of aryl methyl sites for hydroxylation is 1. The van der Waals surface area contributed by atoms with E-state index in [1.54, 1.807) is 11.3 Å². The summed E-state index contributed by atoms with van der Waals surface area (Å²) in [5.41, 5.74) is 1.13. The quantitative estimate of drug-likeness (QED) is 0.909. The van der Waals surface area contributed by atoms with Gasteiger partial charge in [0.05, 0.1) is 11.0 Å². The van der Waals surface area contributed by atoms with Gasteiger partial charge in [0.25, 0.3) is 0 Å². The highest BCUT2D eigenvalue weighted by atomic mass is 79.9. The van der Waals surface area contributed by atoms with Gasteiger partial charge in [0.15, 0.2) is 0 Å². The van der Waals surface area contributed by atoms with E-state index in [-0.39, 0.29) is 0 Å². The molecule has 4 heteroatoms. The first-order valence-electron chi connectivity index (χ1n) is 5.09. The van der Waals surface area contributed by atoms with Gasteiger partial charge in [0, 0.05) is 21.2 Å². The van der Waals surface area contributed by atoms with Gasteiger partial charge in [-0.15, -0.1) is 11.3 Å². The van der Waals surface area contributed by atoms with Crippen LogP contribution >= 0.6 is 27.3 Å². The summed E-state index contributed by atoms with van der Waals surface area (Å²) in [6.07, 6.45) is 1.94. The Balaban J connectivity index is 2.07. The second-order valence-corrected chi connectivity index (χ2v) is 5.84. The topological polar surface area (TPSA) is 24.9 Å². The van der Waals surface area contributed by atoms with E-state index in [4.69, 9.17) is 0 Å². The van der Waals surface area contributed by atoms with Crippen LogP contribution in [0.2, 0.25) is 0 Å². The molecule has 0 aliphatic heterocycles. The Hall–Kier alpha value is -0.870. The van der Waals surface area contributed by atoms with E-state index in [1.807, 2.05) is 25.3 Å². The van der Waals surface area contributed by atoms with Crippen LogP contribution in [0.3, 0.4) is 0 Å². The van der Waals surface area contributed by atoms with E-state index in [9.17, 15) is 0 Å². The number of halogens is 1. The molecule has 0 fully saturated rings. The number of thiazole rings is 1. The normalized spacial score (nSPS) is 12.4. The van der Waals surface area contributed by atoms with Crippen LogP contribution in [-0.4, -0.2) is 4.98 Å². The van der Waals surface area contributed by atoms with Crippen LogP contribution in [0.25, 0.3) is 0 Å². The molecule has 1 atom stereocenters. The van der Waals surface area contributed by atoms with Crippen molar-refractivity contribution in [1.29, 1.82) is 0 Å². The van der Waals surface area contributed by atoms with Crippen LogP contribution in [0.15, 0.2) is 34.9 Å². The molecular formula is C12H13BrN2S. The van der Waals surface area contributed by atoms with Gasteiger partial charge in [-0.3, -0.25) is 0 Å². The van der Waals surface area contributed by atoms with Gasteiger partial charge in [-0.2, -0.15) is 0 Å². The van der Waals surface area contributed by atoms with Gasteiger partial charge in [-0.05, 0) is 38.1 Å². The maximum absolute atomic E-state index is 4.26. The summed E-state index contributed by atoms with van der Waals surface area (Å²) in [6, 6.07) is 8.50. The molecule has 0 aliphatic rings. The molecule has 2 nitrogen and oxygen atoms in total. The number of nitrogens with one attached hydrogen (secondary N) is 1. The largest absolute Gasteiger partial charge is 0.378 e. The molecule has 16 heavy (non-hydrogen) atoms. The van der Waals surface area contributed by atoms with Crippen LogP contribution < -0.4 is 5.32 Å². The van der Waals surface area contributed by atoms with Crippen LogP contribution in [0.5, 0.6) is 0 Å². The van der Waals surface area contributed by atoms with Crippen LogP contribution in [0, 0.1) is 6.92 Å². The molecule has 1 aromatic heterocycles. The first kappa shape index (κ1) is 11.6. The van der Waals surface area contributed by atoms with Gasteiger partial charge < -0.3 is 5.32 Å². The minimum atomic E-state index is 0.298. The molecular weight excluding hydrogens is 284 g/mol. The molecule has 0 saturated carbocycles. The Morgan fingerprint density at radius 1 is 1.31 bits per heavy atom. The summed E-state index contributed by atoms with van der Waals surface area (Å²) in [4.78, 5) is 5.53. The molecule has 0 spiro atoms. The van der Waals surface area contributed by atoms with Crippen molar-refractivity contribution in [3.8, 4) is 0 Å². The van der Waals surface area contributed by atoms with Crippen molar-refractivity contribution in [2.24, 2.45) is 0 Å². The van der Waals surface area contributed by atoms with Crippen molar-refractivity contribution in [1.82, 2.24) is 4.98 Å². The van der Waals surface area contributed by atoms with E-state index < -0.39 is 0 Å². The zero-order valence-corrected chi connectivity index (χ0v) is 11.6. The Bertz CT molecular complexity index is 464. The zero-order chi connectivity index (χ0) is 11.5. The second-order valence-electron chi connectivity index (χ2n) is 3.65. The average Bonchev–Trinajstić information content (AvgIpc) is 2.68. The summed E-state index contributed by atoms with van der Waals surface area (Å²) in [5, 5.41) is 4.56. The molecule has 0 radical (unpaired) electrons. The molecule has 1 unspecified atom stereocenters. The molecule has 0 bridgehead atoms. The zero-order valence-electron chi connectivity index (χ0n) is 9.20. The van der Waals surface area contributed by atoms with Crippen molar-refractivity contribution in [3.63, 3.8) is 0 Å². The molecule has 2 rings (SSSR count). The SMILES string of the molecule is Cc1ncc(C(C)Nc2ccc(Br)cc2)s1. The van der Waals surface area contributed by atoms with Crippen LogP contribution in [0.1, 0.15) is 22.9 Å². The molecule has 0 saturated heterocycles. The lowest BCUT2D eigenvalue weighted by molar-refractivity contribution is 0.903. The highest BCUT2D eigenvalue weighted by Crippen LogP contribution is 2.24. The number of benzene rings is 1. The Morgan fingerprint density at radius 3 is 2.56 bits per heavy atom. The third-order valence-electron chi connectivity index (χ3n) is 2.29. The standard InChI is InChI=1S/C12H13BrN2S/c1-8(12-7-14-9(2)16-12)15-11-5-3-10(13)4-6-11/h3-8,15H,1-2H3. The maximum Gasteiger partial charge on any atom is 0.0897 e. The highest BCUT2D eigenvalue weighted by molar-refractivity contribution is 9.10. The van der Waals surface area contributed by atoms with Crippen molar-refractivity contribution in [2.75, 3.05) is 5.32 Å². The highest BCUT2D eigenvalue weighted by Gasteiger charge is 2.07. The minimum Gasteiger partial charge on any atom is -0.378 e. The van der Waals surface area contributed by atoms with Gasteiger partial charge in [0.1, 0.15) is 0 Å². The minimum absolute atomic E-state index is 0.298. The van der Waals surface area contributed by atoms with Crippen molar-refractivity contribution in [2.45, 2.75) is 19.9 Å². The Morgan fingerprint density at radius 2 is 2.00 bits per heavy atom. The second kappa shape index (κ2) is 4.97. The van der Waals surface area contributed by atoms with Crippen molar-refractivity contribution >= 4 is 33.0 Å². The Labute approximate surface area is 108 Å². The predicted octanol–water partition coefficient (Wildman–Crippen LogP) is 4.39. The molecule has 1 aromatic carbocycles. The summed E-state index contributed by atoms with van der Waals surface area (Å²) >= 11 is 5.16. The molecule has 1 N–H and O–H groups in total. The number of hydrogen-bond acceptors (Lipinski definition) is 3. The van der Waals surface area contributed by atoms with E-state index in [0.717, 1.165) is 15.2 Å². The Kier molecular flexibility index (Phi) is 3.61. The molecule has 0 aliphatic carbocycles. The fraction of sp³-hybridized carbons (Fsp3) is 0.250. The lowest BCUT2D eigenvalue weighted by Gasteiger charge is -2.13. The van der Waals surface area contributed by atoms with E-state index in [0.29, 0.717) is 6.04 Å². The number of anilines is 1. The first-order valence-corrected chi connectivity index (χ1v) is 6.70. The van der Waals surface area contributed by atoms with Gasteiger partial charge >= 0.3 is 0 Å². The number of hydrogen-bond donors (Lipinski definition) is 1. The fourth-order valence-corrected chi connectivity index (χ4v) is 2.50. The van der Waals surface area contributed by atoms with Crippen molar-refractivity contribution < 1.29 is 0 Å². The summed E-state index contributed by atoms with van der Waals surface area (Å²) < 4.78 is 1.10. The average molecular weight is 297 g/mol. The van der Waals surface area contributed by atoms with E-state index in [2.05, 4.69) is 45.3 Å². The third-order valence-corrected chi connectivity index (χ3v) is 3.92. The van der Waals surface area contributed by atoms with Gasteiger partial charge in [-0.1, -0.05) is 15.9 Å². The van der Waals surface area contributed by atoms with Crippen molar-refractivity contribution in [3.05, 3.63) is 44.8 Å². The lowest BCUT2D eigenvalue weighted by atomic mass is 10.2. The number of rotatable bonds is 3. The predicted molar refractivity (Wildman–Crippen MR) is 73.0 cm³/mol. The molecule has 0 amide bonds. The lowest BCUT2D eigenvalue weighted by Crippen LogP contribution is -2.04. The van der Waals surface area contributed by atoms with Gasteiger partial charge in [-0.25, -0.2) is 4.98 Å². The monoisotopic (exact) mass is 296 g/mol. The summed E-state index contributed by atoms with van der Waals surface area (Å²) in [6.45, 7) is 4.18. The molecule has 1 heterocycles. The summed E-state index contributed by atoms with van der Waals surface area (Å²) in [7, 11) is 0.